The van der Waals surface area contributed by atoms with Crippen LogP contribution in [0.25, 0.3) is 6.08 Å². The Bertz CT molecular complexity index is 405. The first-order valence-corrected chi connectivity index (χ1v) is 5.08. The molecule has 0 spiro atoms. The second-order valence-electron chi connectivity index (χ2n) is 3.03. The summed E-state index contributed by atoms with van der Waals surface area (Å²) in [5.41, 5.74) is 5.86. The van der Waals surface area contributed by atoms with Crippen molar-refractivity contribution in [3.8, 4) is 0 Å². The lowest BCUT2D eigenvalue weighted by atomic mass is 10.1. The van der Waals surface area contributed by atoms with Gasteiger partial charge in [-0.15, -0.1) is 0 Å². The van der Waals surface area contributed by atoms with Gasteiger partial charge in [-0.05, 0) is 30.7 Å². The molecule has 0 bridgehead atoms. The van der Waals surface area contributed by atoms with Gasteiger partial charge >= 0.3 is 0 Å². The van der Waals surface area contributed by atoms with Crippen LogP contribution >= 0.6 is 15.9 Å². The molecule has 0 fully saturated rings. The molecule has 3 nitrogen and oxygen atoms in total. The van der Waals surface area contributed by atoms with Gasteiger partial charge in [-0.25, -0.2) is 0 Å². The SMILES string of the molecule is CC(=O)/C(=C\c1ccc(Br)cc1)C(N)=O. The molecule has 0 heterocycles. The highest BCUT2D eigenvalue weighted by Crippen LogP contribution is 2.13. The van der Waals surface area contributed by atoms with E-state index in [1.54, 1.807) is 12.1 Å². The summed E-state index contributed by atoms with van der Waals surface area (Å²) in [7, 11) is 0. The van der Waals surface area contributed by atoms with Gasteiger partial charge in [-0.2, -0.15) is 0 Å². The van der Waals surface area contributed by atoms with Crippen molar-refractivity contribution in [1.29, 1.82) is 0 Å². The lowest BCUT2D eigenvalue weighted by Crippen LogP contribution is -2.18. The van der Waals surface area contributed by atoms with Crippen LogP contribution in [0.1, 0.15) is 12.5 Å². The first-order chi connectivity index (χ1) is 7.00. The summed E-state index contributed by atoms with van der Waals surface area (Å²) in [5, 5.41) is 0. The zero-order valence-corrected chi connectivity index (χ0v) is 9.74. The van der Waals surface area contributed by atoms with E-state index in [1.165, 1.54) is 13.0 Å². The van der Waals surface area contributed by atoms with Gasteiger partial charge in [0.2, 0.25) is 0 Å². The summed E-state index contributed by atoms with van der Waals surface area (Å²) in [4.78, 5) is 22.0. The number of Topliss-reactive ketones (excluding diaryl/α,β-unsaturated/α-hetero) is 1. The van der Waals surface area contributed by atoms with Crippen molar-refractivity contribution < 1.29 is 9.59 Å². The Balaban J connectivity index is 3.08. The highest BCUT2D eigenvalue weighted by atomic mass is 79.9. The third-order valence-corrected chi connectivity index (χ3v) is 2.35. The van der Waals surface area contributed by atoms with E-state index in [0.717, 1.165) is 10.0 Å². The van der Waals surface area contributed by atoms with Gasteiger partial charge < -0.3 is 5.73 Å². The van der Waals surface area contributed by atoms with Crippen LogP contribution in [-0.2, 0) is 9.59 Å². The number of amides is 1. The number of hydrogen-bond acceptors (Lipinski definition) is 2. The Morgan fingerprint density at radius 1 is 1.27 bits per heavy atom. The number of rotatable bonds is 3. The molecule has 0 unspecified atom stereocenters. The van der Waals surface area contributed by atoms with Crippen LogP contribution in [0.5, 0.6) is 0 Å². The minimum absolute atomic E-state index is 0.0114. The normalized spacial score (nSPS) is 11.2. The van der Waals surface area contributed by atoms with Crippen LogP contribution in [0.4, 0.5) is 0 Å². The fourth-order valence-corrected chi connectivity index (χ4v) is 1.34. The van der Waals surface area contributed by atoms with Crippen LogP contribution in [0, 0.1) is 0 Å². The zero-order valence-electron chi connectivity index (χ0n) is 8.16. The quantitative estimate of drug-likeness (QED) is 0.517. The van der Waals surface area contributed by atoms with Crippen LogP contribution in [0.2, 0.25) is 0 Å². The van der Waals surface area contributed by atoms with Crippen molar-refractivity contribution in [3.63, 3.8) is 0 Å². The van der Waals surface area contributed by atoms with Gasteiger partial charge in [0.15, 0.2) is 5.78 Å². The Labute approximate surface area is 96.1 Å². The molecule has 1 aromatic rings. The van der Waals surface area contributed by atoms with Crippen LogP contribution in [0.15, 0.2) is 34.3 Å². The fourth-order valence-electron chi connectivity index (χ4n) is 1.07. The minimum Gasteiger partial charge on any atom is -0.365 e. The average Bonchev–Trinajstić information content (AvgIpc) is 2.15. The molecular formula is C11H10BrNO2. The van der Waals surface area contributed by atoms with E-state index in [0.29, 0.717) is 0 Å². The third kappa shape index (κ3) is 3.32. The molecule has 4 heteroatoms. The molecule has 0 radical (unpaired) electrons. The van der Waals surface area contributed by atoms with Gasteiger partial charge in [0.05, 0.1) is 5.57 Å². The number of hydrogen-bond donors (Lipinski definition) is 1. The molecule has 1 amide bonds. The molecule has 0 saturated carbocycles. The van der Waals surface area contributed by atoms with Gasteiger partial charge in [0.25, 0.3) is 5.91 Å². The maximum absolute atomic E-state index is 11.1. The van der Waals surface area contributed by atoms with Gasteiger partial charge in [-0.3, -0.25) is 9.59 Å². The van der Waals surface area contributed by atoms with Crippen molar-refractivity contribution in [3.05, 3.63) is 39.9 Å². The molecule has 0 aliphatic rings. The summed E-state index contributed by atoms with van der Waals surface area (Å²) in [6.45, 7) is 1.31. The van der Waals surface area contributed by atoms with Crippen molar-refractivity contribution in [1.82, 2.24) is 0 Å². The van der Waals surface area contributed by atoms with Crippen molar-refractivity contribution >= 4 is 33.7 Å². The Morgan fingerprint density at radius 3 is 2.20 bits per heavy atom. The lowest BCUT2D eigenvalue weighted by molar-refractivity contribution is -0.119. The molecule has 0 atom stereocenters. The predicted molar refractivity (Wildman–Crippen MR) is 62.0 cm³/mol. The summed E-state index contributed by atoms with van der Waals surface area (Å²) in [6, 6.07) is 7.22. The molecule has 1 rings (SSSR count). The molecule has 0 aliphatic heterocycles. The Hall–Kier alpha value is -1.42. The molecule has 78 valence electrons. The molecular weight excluding hydrogens is 258 g/mol. The van der Waals surface area contributed by atoms with Gasteiger partial charge in [-0.1, -0.05) is 28.1 Å². The van der Waals surface area contributed by atoms with Crippen LogP contribution < -0.4 is 5.73 Å². The van der Waals surface area contributed by atoms with E-state index in [-0.39, 0.29) is 11.4 Å². The standard InChI is InChI=1S/C11H10BrNO2/c1-7(14)10(11(13)15)6-8-2-4-9(12)5-3-8/h2-6H,1H3,(H2,13,15)/b10-6+. The Morgan fingerprint density at radius 2 is 1.80 bits per heavy atom. The van der Waals surface area contributed by atoms with Crippen molar-refractivity contribution in [2.45, 2.75) is 6.92 Å². The molecule has 15 heavy (non-hydrogen) atoms. The number of carbonyl (C=O) groups is 2. The first-order valence-electron chi connectivity index (χ1n) is 4.28. The highest BCUT2D eigenvalue weighted by Gasteiger charge is 2.09. The summed E-state index contributed by atoms with van der Waals surface area (Å²) in [6.07, 6.45) is 1.48. The fraction of sp³-hybridized carbons (Fsp3) is 0.0909. The highest BCUT2D eigenvalue weighted by molar-refractivity contribution is 9.10. The van der Waals surface area contributed by atoms with Crippen molar-refractivity contribution in [2.75, 3.05) is 0 Å². The number of primary amides is 1. The van der Waals surface area contributed by atoms with E-state index in [4.69, 9.17) is 5.73 Å². The van der Waals surface area contributed by atoms with Crippen LogP contribution in [0.3, 0.4) is 0 Å². The largest absolute Gasteiger partial charge is 0.365 e. The monoisotopic (exact) mass is 267 g/mol. The van der Waals surface area contributed by atoms with E-state index in [1.807, 2.05) is 12.1 Å². The zero-order chi connectivity index (χ0) is 11.4. The van der Waals surface area contributed by atoms with E-state index >= 15 is 0 Å². The van der Waals surface area contributed by atoms with Gasteiger partial charge in [0, 0.05) is 4.47 Å². The predicted octanol–water partition coefficient (Wildman–Crippen LogP) is 1.91. The Kier molecular flexibility index (Phi) is 3.80. The maximum atomic E-state index is 11.1. The van der Waals surface area contributed by atoms with Crippen LogP contribution in [-0.4, -0.2) is 11.7 Å². The number of halogens is 1. The van der Waals surface area contributed by atoms with E-state index in [2.05, 4.69) is 15.9 Å². The third-order valence-electron chi connectivity index (χ3n) is 1.83. The van der Waals surface area contributed by atoms with Gasteiger partial charge in [0.1, 0.15) is 0 Å². The second kappa shape index (κ2) is 4.89. The summed E-state index contributed by atoms with van der Waals surface area (Å²) < 4.78 is 0.933. The number of carbonyl (C=O) groups excluding carboxylic acids is 2. The molecule has 0 aliphatic carbocycles. The molecule has 2 N–H and O–H groups in total. The van der Waals surface area contributed by atoms with Crippen molar-refractivity contribution in [2.24, 2.45) is 5.73 Å². The second-order valence-corrected chi connectivity index (χ2v) is 3.95. The average molecular weight is 268 g/mol. The van der Waals surface area contributed by atoms with E-state index in [9.17, 15) is 9.59 Å². The number of nitrogens with two attached hydrogens (primary N) is 1. The summed E-state index contributed by atoms with van der Waals surface area (Å²) in [5.74, 6) is -1.03. The first kappa shape index (κ1) is 11.7. The minimum atomic E-state index is -0.703. The maximum Gasteiger partial charge on any atom is 0.252 e. The molecule has 0 saturated heterocycles. The number of ketones is 1. The summed E-state index contributed by atoms with van der Waals surface area (Å²) >= 11 is 3.29. The molecule has 0 aromatic heterocycles. The van der Waals surface area contributed by atoms with E-state index < -0.39 is 5.91 Å². The smallest absolute Gasteiger partial charge is 0.252 e. The number of benzene rings is 1. The lowest BCUT2D eigenvalue weighted by Gasteiger charge is -1.98. The molecule has 1 aromatic carbocycles. The topological polar surface area (TPSA) is 60.2 Å².